The molecule has 8 nitrogen and oxygen atoms in total. The van der Waals surface area contributed by atoms with Gasteiger partial charge in [-0.1, -0.05) is 0 Å². The van der Waals surface area contributed by atoms with Crippen LogP contribution in [0.4, 0.5) is 14.9 Å². The highest BCUT2D eigenvalue weighted by Crippen LogP contribution is 2.31. The zero-order valence-electron chi connectivity index (χ0n) is 17.7. The Bertz CT molecular complexity index is 798. The fraction of sp³-hybridized carbons (Fsp3) is 0.591. The van der Waals surface area contributed by atoms with Crippen molar-refractivity contribution in [3.05, 3.63) is 30.1 Å². The first-order valence-electron chi connectivity index (χ1n) is 11.1. The lowest BCUT2D eigenvalue weighted by atomic mass is 10.0. The molecule has 1 aromatic carbocycles. The van der Waals surface area contributed by atoms with Gasteiger partial charge in [-0.05, 0) is 49.9 Å². The van der Waals surface area contributed by atoms with Crippen LogP contribution in [-0.2, 0) is 9.59 Å². The van der Waals surface area contributed by atoms with Gasteiger partial charge in [0.25, 0.3) is 0 Å². The number of rotatable bonds is 5. The number of carbonyl (C=O) groups is 3. The van der Waals surface area contributed by atoms with E-state index in [0.717, 1.165) is 38.8 Å². The number of halogens is 1. The van der Waals surface area contributed by atoms with Crippen LogP contribution in [0.1, 0.15) is 25.7 Å². The highest BCUT2D eigenvalue weighted by Gasteiger charge is 2.35. The second-order valence-electron chi connectivity index (χ2n) is 8.64. The van der Waals surface area contributed by atoms with Crippen LogP contribution < -0.4 is 10.6 Å². The highest BCUT2D eigenvalue weighted by atomic mass is 19.1. The molecule has 2 saturated heterocycles. The maximum atomic E-state index is 13.0. The van der Waals surface area contributed by atoms with Crippen LogP contribution >= 0.6 is 0 Å². The van der Waals surface area contributed by atoms with E-state index >= 15 is 0 Å². The van der Waals surface area contributed by atoms with Crippen molar-refractivity contribution in [3.63, 3.8) is 0 Å². The van der Waals surface area contributed by atoms with Crippen molar-refractivity contribution in [2.24, 2.45) is 5.92 Å². The van der Waals surface area contributed by atoms with Crippen molar-refractivity contribution in [1.29, 1.82) is 0 Å². The molecule has 1 saturated carbocycles. The molecule has 4 rings (SSSR count). The number of amides is 4. The van der Waals surface area contributed by atoms with Gasteiger partial charge in [0.15, 0.2) is 0 Å². The number of hydrogen-bond donors (Lipinski definition) is 2. The van der Waals surface area contributed by atoms with E-state index in [4.69, 9.17) is 0 Å². The number of piperazine rings is 1. The van der Waals surface area contributed by atoms with Gasteiger partial charge in [0, 0.05) is 56.9 Å². The third kappa shape index (κ3) is 5.94. The van der Waals surface area contributed by atoms with Gasteiger partial charge in [0.05, 0.1) is 6.54 Å². The Balaban J connectivity index is 1.14. The van der Waals surface area contributed by atoms with E-state index in [0.29, 0.717) is 31.9 Å². The van der Waals surface area contributed by atoms with E-state index in [2.05, 4.69) is 10.6 Å². The Labute approximate surface area is 181 Å². The second kappa shape index (κ2) is 9.64. The lowest BCUT2D eigenvalue weighted by Crippen LogP contribution is -2.55. The first-order valence-corrected chi connectivity index (χ1v) is 11.1. The van der Waals surface area contributed by atoms with Crippen LogP contribution in [0.2, 0.25) is 0 Å². The summed E-state index contributed by atoms with van der Waals surface area (Å²) in [6.45, 7) is 4.05. The summed E-state index contributed by atoms with van der Waals surface area (Å²) >= 11 is 0. The van der Waals surface area contributed by atoms with Crippen molar-refractivity contribution < 1.29 is 18.8 Å². The zero-order chi connectivity index (χ0) is 21.8. The molecule has 0 radical (unpaired) electrons. The van der Waals surface area contributed by atoms with Gasteiger partial charge >= 0.3 is 6.03 Å². The standard InChI is InChI=1S/C22H30FN5O3/c23-17-3-5-18(6-4-17)24-20(29)15-26-11-13-28(14-12-26)22(31)25-19-7-9-27(10-8-19)21(30)16-1-2-16/h3-6,16,19H,1-2,7-15H2,(H,24,29)(H,25,31). The predicted octanol–water partition coefficient (Wildman–Crippen LogP) is 1.49. The smallest absolute Gasteiger partial charge is 0.317 e. The summed E-state index contributed by atoms with van der Waals surface area (Å²) in [4.78, 5) is 42.7. The highest BCUT2D eigenvalue weighted by molar-refractivity contribution is 5.92. The van der Waals surface area contributed by atoms with Gasteiger partial charge in [-0.15, -0.1) is 0 Å². The molecule has 31 heavy (non-hydrogen) atoms. The molecular weight excluding hydrogens is 401 g/mol. The van der Waals surface area contributed by atoms with Gasteiger partial charge in [0.2, 0.25) is 11.8 Å². The monoisotopic (exact) mass is 431 g/mol. The first-order chi connectivity index (χ1) is 15.0. The Morgan fingerprint density at radius 3 is 2.13 bits per heavy atom. The molecule has 3 aliphatic rings. The largest absolute Gasteiger partial charge is 0.342 e. The molecule has 2 N–H and O–H groups in total. The van der Waals surface area contributed by atoms with E-state index in [9.17, 15) is 18.8 Å². The molecule has 0 aromatic heterocycles. The Hall–Kier alpha value is -2.68. The number of piperidine rings is 1. The summed E-state index contributed by atoms with van der Waals surface area (Å²) in [7, 11) is 0. The zero-order valence-corrected chi connectivity index (χ0v) is 17.7. The van der Waals surface area contributed by atoms with Crippen LogP contribution in [0.3, 0.4) is 0 Å². The van der Waals surface area contributed by atoms with Crippen molar-refractivity contribution in [1.82, 2.24) is 20.0 Å². The molecule has 3 fully saturated rings. The van der Waals surface area contributed by atoms with Gasteiger partial charge in [0.1, 0.15) is 5.82 Å². The van der Waals surface area contributed by atoms with Gasteiger partial charge < -0.3 is 20.4 Å². The minimum atomic E-state index is -0.343. The van der Waals surface area contributed by atoms with Crippen molar-refractivity contribution in [2.45, 2.75) is 31.7 Å². The molecule has 168 valence electrons. The summed E-state index contributed by atoms with van der Waals surface area (Å²) in [5, 5.41) is 5.87. The summed E-state index contributed by atoms with van der Waals surface area (Å²) in [5.41, 5.74) is 0.564. The Morgan fingerprint density at radius 2 is 1.52 bits per heavy atom. The number of nitrogens with one attached hydrogen (secondary N) is 2. The fourth-order valence-electron chi connectivity index (χ4n) is 4.14. The van der Waals surface area contributed by atoms with E-state index in [1.54, 1.807) is 4.90 Å². The summed E-state index contributed by atoms with van der Waals surface area (Å²) < 4.78 is 13.0. The van der Waals surface area contributed by atoms with Crippen LogP contribution in [0.5, 0.6) is 0 Å². The summed E-state index contributed by atoms with van der Waals surface area (Å²) in [6.07, 6.45) is 3.65. The van der Waals surface area contributed by atoms with Crippen molar-refractivity contribution >= 4 is 23.5 Å². The number of benzene rings is 1. The predicted molar refractivity (Wildman–Crippen MR) is 114 cm³/mol. The molecule has 1 aliphatic carbocycles. The van der Waals surface area contributed by atoms with Crippen LogP contribution in [0.15, 0.2) is 24.3 Å². The van der Waals surface area contributed by atoms with E-state index < -0.39 is 0 Å². The molecule has 4 amide bonds. The second-order valence-corrected chi connectivity index (χ2v) is 8.64. The average molecular weight is 432 g/mol. The van der Waals surface area contributed by atoms with Crippen LogP contribution in [0, 0.1) is 11.7 Å². The summed E-state index contributed by atoms with van der Waals surface area (Å²) in [5.74, 6) is 0.0336. The number of nitrogens with zero attached hydrogens (tertiary/aromatic N) is 3. The molecule has 9 heteroatoms. The Kier molecular flexibility index (Phi) is 6.70. The van der Waals surface area contributed by atoms with E-state index in [1.165, 1.54) is 24.3 Å². The minimum Gasteiger partial charge on any atom is -0.342 e. The maximum absolute atomic E-state index is 13.0. The number of hydrogen-bond acceptors (Lipinski definition) is 4. The minimum absolute atomic E-state index is 0.0672. The normalized spacial score (nSPS) is 20.4. The van der Waals surface area contributed by atoms with Crippen molar-refractivity contribution in [3.8, 4) is 0 Å². The molecule has 0 bridgehead atoms. The first kappa shape index (κ1) is 21.5. The van der Waals surface area contributed by atoms with Gasteiger partial charge in [-0.25, -0.2) is 9.18 Å². The Morgan fingerprint density at radius 1 is 0.871 bits per heavy atom. The molecule has 2 aliphatic heterocycles. The van der Waals surface area contributed by atoms with Crippen LogP contribution in [-0.4, -0.2) is 84.4 Å². The number of carbonyl (C=O) groups excluding carboxylic acids is 3. The van der Waals surface area contributed by atoms with Crippen LogP contribution in [0.25, 0.3) is 0 Å². The molecular formula is C22H30FN5O3. The molecule has 0 atom stereocenters. The fourth-order valence-corrected chi connectivity index (χ4v) is 4.14. The number of likely N-dealkylation sites (tertiary alicyclic amines) is 1. The average Bonchev–Trinajstić information content (AvgIpc) is 3.61. The lowest BCUT2D eigenvalue weighted by Gasteiger charge is -2.37. The topological polar surface area (TPSA) is 85.0 Å². The maximum Gasteiger partial charge on any atom is 0.317 e. The molecule has 0 unspecified atom stereocenters. The summed E-state index contributed by atoms with van der Waals surface area (Å²) in [6, 6.07) is 5.71. The van der Waals surface area contributed by atoms with Gasteiger partial charge in [-0.2, -0.15) is 0 Å². The molecule has 1 aromatic rings. The van der Waals surface area contributed by atoms with Crippen molar-refractivity contribution in [2.75, 3.05) is 51.1 Å². The third-order valence-corrected chi connectivity index (χ3v) is 6.22. The van der Waals surface area contributed by atoms with Gasteiger partial charge in [-0.3, -0.25) is 14.5 Å². The number of urea groups is 1. The number of anilines is 1. The molecule has 2 heterocycles. The van der Waals surface area contributed by atoms with E-state index in [-0.39, 0.29) is 42.2 Å². The van der Waals surface area contributed by atoms with E-state index in [1.807, 2.05) is 9.80 Å². The molecule has 0 spiro atoms. The third-order valence-electron chi connectivity index (χ3n) is 6.22. The SMILES string of the molecule is O=C(CN1CCN(C(=O)NC2CCN(C(=O)C3CC3)CC2)CC1)Nc1ccc(F)cc1. The lowest BCUT2D eigenvalue weighted by molar-refractivity contribution is -0.133. The quantitative estimate of drug-likeness (QED) is 0.740.